The molecule has 0 bridgehead atoms. The number of carboxylic acids is 1. The molecular formula is C14H10FN3O2S. The highest BCUT2D eigenvalue weighted by atomic mass is 32.2. The summed E-state index contributed by atoms with van der Waals surface area (Å²) in [6.45, 7) is 1.88. The molecule has 3 aromatic rings. The van der Waals surface area contributed by atoms with Gasteiger partial charge in [0.2, 0.25) is 0 Å². The van der Waals surface area contributed by atoms with E-state index < -0.39 is 11.8 Å². The van der Waals surface area contributed by atoms with E-state index in [1.54, 1.807) is 16.9 Å². The molecule has 1 N–H and O–H groups in total. The number of hydrogen-bond donors (Lipinski definition) is 1. The van der Waals surface area contributed by atoms with Gasteiger partial charge in [0.15, 0.2) is 0 Å². The fourth-order valence-corrected chi connectivity index (χ4v) is 2.85. The van der Waals surface area contributed by atoms with E-state index in [0.29, 0.717) is 9.92 Å². The summed E-state index contributed by atoms with van der Waals surface area (Å²) in [7, 11) is 0. The molecule has 0 amide bonds. The van der Waals surface area contributed by atoms with E-state index in [-0.39, 0.29) is 5.56 Å². The number of rotatable bonds is 3. The van der Waals surface area contributed by atoms with Crippen molar-refractivity contribution >= 4 is 23.2 Å². The molecule has 106 valence electrons. The van der Waals surface area contributed by atoms with Crippen LogP contribution in [0.4, 0.5) is 4.39 Å². The van der Waals surface area contributed by atoms with Crippen LogP contribution in [0.3, 0.4) is 0 Å². The summed E-state index contributed by atoms with van der Waals surface area (Å²) in [5.41, 5.74) is 1.33. The quantitative estimate of drug-likeness (QED) is 0.805. The van der Waals surface area contributed by atoms with Crippen LogP contribution in [-0.4, -0.2) is 25.7 Å². The number of carbonyl (C=O) groups is 1. The number of aromatic carboxylic acids is 1. The molecule has 2 heterocycles. The second-order valence-electron chi connectivity index (χ2n) is 4.40. The topological polar surface area (TPSA) is 67.5 Å². The number of carboxylic acid groups (broad SMARTS) is 1. The average molecular weight is 303 g/mol. The van der Waals surface area contributed by atoms with Crippen LogP contribution in [0, 0.1) is 12.7 Å². The molecule has 0 aliphatic rings. The highest BCUT2D eigenvalue weighted by Crippen LogP contribution is 2.30. The van der Waals surface area contributed by atoms with E-state index >= 15 is 0 Å². The normalized spacial score (nSPS) is 11.0. The molecule has 0 radical (unpaired) electrons. The highest BCUT2D eigenvalue weighted by Gasteiger charge is 2.13. The Morgan fingerprint density at radius 2 is 2.19 bits per heavy atom. The van der Waals surface area contributed by atoms with Crippen molar-refractivity contribution in [3.8, 4) is 0 Å². The summed E-state index contributed by atoms with van der Waals surface area (Å²) in [5.74, 6) is -2.04. The maximum absolute atomic E-state index is 13.4. The summed E-state index contributed by atoms with van der Waals surface area (Å²) in [5, 5.41) is 13.9. The predicted molar refractivity (Wildman–Crippen MR) is 75.2 cm³/mol. The first-order valence-electron chi connectivity index (χ1n) is 6.06. The lowest BCUT2D eigenvalue weighted by molar-refractivity contribution is 0.0691. The summed E-state index contributed by atoms with van der Waals surface area (Å²) in [6.07, 6.45) is 3.35. The summed E-state index contributed by atoms with van der Waals surface area (Å²) >= 11 is 1.27. The van der Waals surface area contributed by atoms with Crippen molar-refractivity contribution < 1.29 is 14.3 Å². The molecule has 7 heteroatoms. The third kappa shape index (κ3) is 2.59. The van der Waals surface area contributed by atoms with E-state index in [2.05, 4.69) is 10.1 Å². The monoisotopic (exact) mass is 303 g/mol. The number of aryl methyl sites for hydroxylation is 1. The number of hydrogen-bond acceptors (Lipinski definition) is 4. The fraction of sp³-hybridized carbons (Fsp3) is 0.0714. The minimum Gasteiger partial charge on any atom is -0.478 e. The van der Waals surface area contributed by atoms with Gasteiger partial charge in [0.05, 0.1) is 16.8 Å². The van der Waals surface area contributed by atoms with Gasteiger partial charge >= 0.3 is 5.97 Å². The minimum atomic E-state index is -1.29. The second kappa shape index (κ2) is 5.17. The molecule has 21 heavy (non-hydrogen) atoms. The van der Waals surface area contributed by atoms with Crippen LogP contribution < -0.4 is 0 Å². The van der Waals surface area contributed by atoms with Crippen LogP contribution in [0.5, 0.6) is 0 Å². The largest absolute Gasteiger partial charge is 0.478 e. The SMILES string of the molecule is Cc1cc2c(Sc3ccc(F)c(C(=O)O)c3)nccn2n1. The number of fused-ring (bicyclic) bond motifs is 1. The minimum absolute atomic E-state index is 0.350. The van der Waals surface area contributed by atoms with Crippen LogP contribution in [0.25, 0.3) is 5.52 Å². The van der Waals surface area contributed by atoms with Crippen molar-refractivity contribution in [3.05, 3.63) is 53.7 Å². The molecule has 0 unspecified atom stereocenters. The molecular weight excluding hydrogens is 293 g/mol. The van der Waals surface area contributed by atoms with E-state index in [4.69, 9.17) is 5.11 Å². The molecule has 0 aliphatic heterocycles. The Labute approximate surface area is 123 Å². The van der Waals surface area contributed by atoms with Crippen molar-refractivity contribution in [2.24, 2.45) is 0 Å². The smallest absolute Gasteiger partial charge is 0.338 e. The van der Waals surface area contributed by atoms with E-state index in [9.17, 15) is 9.18 Å². The molecule has 1 aromatic carbocycles. The number of nitrogens with zero attached hydrogens (tertiary/aromatic N) is 3. The van der Waals surface area contributed by atoms with Gasteiger partial charge in [-0.05, 0) is 31.2 Å². The zero-order valence-electron chi connectivity index (χ0n) is 10.9. The number of aromatic nitrogens is 3. The lowest BCUT2D eigenvalue weighted by Crippen LogP contribution is -2.00. The van der Waals surface area contributed by atoms with Crippen molar-refractivity contribution in [1.82, 2.24) is 14.6 Å². The number of benzene rings is 1. The van der Waals surface area contributed by atoms with E-state index in [1.165, 1.54) is 23.9 Å². The van der Waals surface area contributed by atoms with E-state index in [1.807, 2.05) is 13.0 Å². The van der Waals surface area contributed by atoms with Crippen molar-refractivity contribution in [2.75, 3.05) is 0 Å². The first-order valence-corrected chi connectivity index (χ1v) is 6.88. The standard InChI is InChI=1S/C14H10FN3O2S/c1-8-6-12-13(16-4-5-18(12)17-8)21-9-2-3-11(15)10(7-9)14(19)20/h2-7H,1H3,(H,19,20). The zero-order valence-corrected chi connectivity index (χ0v) is 11.8. The molecule has 0 atom stereocenters. The summed E-state index contributed by atoms with van der Waals surface area (Å²) in [4.78, 5) is 15.8. The van der Waals surface area contributed by atoms with Gasteiger partial charge in [-0.25, -0.2) is 18.7 Å². The Morgan fingerprint density at radius 1 is 1.38 bits per heavy atom. The Hall–Kier alpha value is -2.41. The number of halogens is 1. The first-order chi connectivity index (χ1) is 10.0. The molecule has 5 nitrogen and oxygen atoms in total. The van der Waals surface area contributed by atoms with E-state index in [0.717, 1.165) is 17.3 Å². The lowest BCUT2D eigenvalue weighted by Gasteiger charge is -2.04. The van der Waals surface area contributed by atoms with Gasteiger partial charge in [0.1, 0.15) is 10.8 Å². The van der Waals surface area contributed by atoms with Crippen LogP contribution in [0.1, 0.15) is 16.1 Å². The molecule has 0 fully saturated rings. The Kier molecular flexibility index (Phi) is 3.34. The second-order valence-corrected chi connectivity index (χ2v) is 5.46. The average Bonchev–Trinajstić information content (AvgIpc) is 2.82. The lowest BCUT2D eigenvalue weighted by atomic mass is 10.2. The molecule has 0 saturated carbocycles. The van der Waals surface area contributed by atoms with Gasteiger partial charge in [-0.3, -0.25) is 0 Å². The molecule has 2 aromatic heterocycles. The Morgan fingerprint density at radius 3 is 2.95 bits per heavy atom. The third-order valence-corrected chi connectivity index (χ3v) is 3.86. The Balaban J connectivity index is 2.02. The molecule has 0 aliphatic carbocycles. The predicted octanol–water partition coefficient (Wildman–Crippen LogP) is 3.03. The van der Waals surface area contributed by atoms with Gasteiger partial charge in [-0.15, -0.1) is 0 Å². The Bertz CT molecular complexity index is 847. The maximum atomic E-state index is 13.4. The zero-order chi connectivity index (χ0) is 15.0. The summed E-state index contributed by atoms with van der Waals surface area (Å²) in [6, 6.07) is 5.86. The van der Waals surface area contributed by atoms with Crippen LogP contribution in [-0.2, 0) is 0 Å². The van der Waals surface area contributed by atoms with Crippen molar-refractivity contribution in [2.45, 2.75) is 16.8 Å². The van der Waals surface area contributed by atoms with Gasteiger partial charge in [-0.2, -0.15) is 5.10 Å². The fourth-order valence-electron chi connectivity index (χ4n) is 1.94. The van der Waals surface area contributed by atoms with Crippen LogP contribution >= 0.6 is 11.8 Å². The van der Waals surface area contributed by atoms with Crippen molar-refractivity contribution in [1.29, 1.82) is 0 Å². The van der Waals surface area contributed by atoms with Gasteiger partial charge < -0.3 is 5.11 Å². The third-order valence-electron chi connectivity index (χ3n) is 2.86. The molecule has 3 rings (SSSR count). The highest BCUT2D eigenvalue weighted by molar-refractivity contribution is 7.99. The van der Waals surface area contributed by atoms with Gasteiger partial charge in [0, 0.05) is 17.3 Å². The molecule has 0 saturated heterocycles. The maximum Gasteiger partial charge on any atom is 0.338 e. The van der Waals surface area contributed by atoms with Crippen LogP contribution in [0.15, 0.2) is 46.6 Å². The van der Waals surface area contributed by atoms with Gasteiger partial charge in [0.25, 0.3) is 0 Å². The van der Waals surface area contributed by atoms with Gasteiger partial charge in [-0.1, -0.05) is 11.8 Å². The first kappa shape index (κ1) is 13.6. The molecule has 0 spiro atoms. The summed E-state index contributed by atoms with van der Waals surface area (Å²) < 4.78 is 15.1. The van der Waals surface area contributed by atoms with Crippen LogP contribution in [0.2, 0.25) is 0 Å². The van der Waals surface area contributed by atoms with Crippen molar-refractivity contribution in [3.63, 3.8) is 0 Å².